The van der Waals surface area contributed by atoms with Crippen molar-refractivity contribution in [2.75, 3.05) is 22.2 Å². The molecule has 1 heterocycles. The maximum atomic E-state index is 11.9. The van der Waals surface area contributed by atoms with Gasteiger partial charge in [0, 0.05) is 18.0 Å². The third-order valence-corrected chi connectivity index (χ3v) is 5.13. The molecule has 12 heteroatoms. The lowest BCUT2D eigenvalue weighted by Crippen LogP contribution is -2.33. The summed E-state index contributed by atoms with van der Waals surface area (Å²) < 4.78 is 22.8. The van der Waals surface area contributed by atoms with Crippen LogP contribution >= 0.6 is 0 Å². The first-order valence-electron chi connectivity index (χ1n) is 9.02. The predicted molar refractivity (Wildman–Crippen MR) is 112 cm³/mol. The molecule has 0 fully saturated rings. The van der Waals surface area contributed by atoms with Crippen LogP contribution in [-0.2, 0) is 14.6 Å². The van der Waals surface area contributed by atoms with Gasteiger partial charge in [-0.15, -0.1) is 0 Å². The van der Waals surface area contributed by atoms with Gasteiger partial charge in [0.2, 0.25) is 11.6 Å². The van der Waals surface area contributed by atoms with Gasteiger partial charge in [0.1, 0.15) is 22.2 Å². The number of nitrogens with zero attached hydrogens (tertiary/aromatic N) is 4. The van der Waals surface area contributed by atoms with Gasteiger partial charge >= 0.3 is 11.7 Å². The van der Waals surface area contributed by atoms with Gasteiger partial charge in [-0.2, -0.15) is 0 Å². The average Bonchev–Trinajstić information content (AvgIpc) is 2.64. The second-order valence-corrected chi connectivity index (χ2v) is 9.16. The Morgan fingerprint density at radius 3 is 2.40 bits per heavy atom. The van der Waals surface area contributed by atoms with E-state index in [0.29, 0.717) is 5.69 Å². The Hall–Kier alpha value is -3.28. The van der Waals surface area contributed by atoms with E-state index in [0.717, 1.165) is 12.6 Å². The van der Waals surface area contributed by atoms with E-state index in [2.05, 4.69) is 15.3 Å². The van der Waals surface area contributed by atoms with Crippen molar-refractivity contribution in [3.8, 4) is 0 Å². The number of carboxylic acid groups (broad SMARTS) is 1. The number of nitro groups is 1. The van der Waals surface area contributed by atoms with Crippen molar-refractivity contribution in [2.24, 2.45) is 0 Å². The fourth-order valence-electron chi connectivity index (χ4n) is 2.83. The molecule has 2 N–H and O–H groups in total. The fourth-order valence-corrected chi connectivity index (χ4v) is 3.49. The van der Waals surface area contributed by atoms with Crippen LogP contribution in [0.5, 0.6) is 0 Å². The minimum Gasteiger partial charge on any atom is -0.480 e. The Bertz CT molecular complexity index is 1010. The highest BCUT2D eigenvalue weighted by Crippen LogP contribution is 2.37. The van der Waals surface area contributed by atoms with Crippen LogP contribution in [0, 0.1) is 10.1 Å². The average molecular weight is 437 g/mol. The van der Waals surface area contributed by atoms with E-state index in [1.807, 2.05) is 19.9 Å². The van der Waals surface area contributed by atoms with Crippen molar-refractivity contribution >= 4 is 38.8 Å². The lowest BCUT2D eigenvalue weighted by molar-refractivity contribution is -0.383. The molecule has 1 aromatic carbocycles. The first kappa shape index (κ1) is 23.0. The lowest BCUT2D eigenvalue weighted by Gasteiger charge is -2.28. The molecule has 0 saturated heterocycles. The summed E-state index contributed by atoms with van der Waals surface area (Å²) in [6, 6.07) is 7.31. The zero-order chi connectivity index (χ0) is 22.5. The van der Waals surface area contributed by atoms with Crippen LogP contribution < -0.4 is 10.2 Å². The molecule has 11 nitrogen and oxygen atoms in total. The molecule has 0 spiro atoms. The van der Waals surface area contributed by atoms with Crippen molar-refractivity contribution in [3.05, 3.63) is 46.8 Å². The van der Waals surface area contributed by atoms with E-state index in [1.165, 1.54) is 0 Å². The van der Waals surface area contributed by atoms with Crippen LogP contribution in [-0.4, -0.2) is 58.5 Å². The molecule has 0 amide bonds. The number of anilines is 3. The van der Waals surface area contributed by atoms with E-state index in [4.69, 9.17) is 0 Å². The summed E-state index contributed by atoms with van der Waals surface area (Å²) in [6.45, 7) is 3.66. The number of aliphatic carboxylic acids is 1. The SMILES string of the molecule is CC(C)N(c1ccccc1)c1ncnc(NC(CCS(C)(=O)=O)C(=O)O)c1[N+](=O)[O-]. The van der Waals surface area contributed by atoms with Crippen LogP contribution in [0.1, 0.15) is 20.3 Å². The topological polar surface area (TPSA) is 156 Å². The van der Waals surface area contributed by atoms with E-state index < -0.39 is 38.2 Å². The molecular weight excluding hydrogens is 414 g/mol. The number of carboxylic acids is 1. The van der Waals surface area contributed by atoms with Crippen molar-refractivity contribution in [2.45, 2.75) is 32.4 Å². The zero-order valence-electron chi connectivity index (χ0n) is 16.7. The van der Waals surface area contributed by atoms with Crippen LogP contribution in [0.4, 0.5) is 23.0 Å². The molecular formula is C18H23N5O6S. The lowest BCUT2D eigenvalue weighted by atomic mass is 10.2. The number of rotatable bonds is 10. The molecule has 0 aliphatic carbocycles. The Labute approximate surface area is 173 Å². The van der Waals surface area contributed by atoms with Gasteiger partial charge in [-0.1, -0.05) is 18.2 Å². The van der Waals surface area contributed by atoms with Gasteiger partial charge < -0.3 is 15.3 Å². The number of aromatic nitrogens is 2. The largest absolute Gasteiger partial charge is 0.480 e. The smallest absolute Gasteiger partial charge is 0.353 e. The highest BCUT2D eigenvalue weighted by molar-refractivity contribution is 7.90. The summed E-state index contributed by atoms with van der Waals surface area (Å²) in [5.41, 5.74) is 0.160. The van der Waals surface area contributed by atoms with Gasteiger partial charge in [-0.05, 0) is 32.4 Å². The van der Waals surface area contributed by atoms with Gasteiger partial charge in [0.05, 0.1) is 10.7 Å². The molecule has 1 aromatic heterocycles. The summed E-state index contributed by atoms with van der Waals surface area (Å²) in [5.74, 6) is -2.06. The van der Waals surface area contributed by atoms with E-state index >= 15 is 0 Å². The van der Waals surface area contributed by atoms with Crippen LogP contribution in [0.2, 0.25) is 0 Å². The van der Waals surface area contributed by atoms with E-state index in [-0.39, 0.29) is 24.1 Å². The molecule has 0 radical (unpaired) electrons. The Morgan fingerprint density at radius 1 is 1.27 bits per heavy atom. The van der Waals surface area contributed by atoms with Crippen molar-refractivity contribution in [1.29, 1.82) is 0 Å². The first-order valence-corrected chi connectivity index (χ1v) is 11.1. The second kappa shape index (κ2) is 9.48. The maximum absolute atomic E-state index is 11.9. The predicted octanol–water partition coefficient (Wildman–Crippen LogP) is 2.23. The molecule has 0 saturated carbocycles. The highest BCUT2D eigenvalue weighted by Gasteiger charge is 2.31. The minimum atomic E-state index is -3.42. The fraction of sp³-hybridized carbons (Fsp3) is 0.389. The molecule has 1 atom stereocenters. The maximum Gasteiger partial charge on any atom is 0.353 e. The van der Waals surface area contributed by atoms with Crippen molar-refractivity contribution in [3.63, 3.8) is 0 Å². The molecule has 2 rings (SSSR count). The van der Waals surface area contributed by atoms with Gasteiger partial charge in [-0.3, -0.25) is 10.1 Å². The number of nitrogens with one attached hydrogen (secondary N) is 1. The molecule has 1 unspecified atom stereocenters. The quantitative estimate of drug-likeness (QED) is 0.417. The van der Waals surface area contributed by atoms with E-state index in [9.17, 15) is 28.4 Å². The first-order chi connectivity index (χ1) is 14.0. The van der Waals surface area contributed by atoms with Crippen LogP contribution in [0.15, 0.2) is 36.7 Å². The van der Waals surface area contributed by atoms with Crippen LogP contribution in [0.25, 0.3) is 0 Å². The Balaban J connectivity index is 2.52. The van der Waals surface area contributed by atoms with Crippen molar-refractivity contribution in [1.82, 2.24) is 9.97 Å². The van der Waals surface area contributed by atoms with Gasteiger partial charge in [-0.25, -0.2) is 23.2 Å². The second-order valence-electron chi connectivity index (χ2n) is 6.90. The third kappa shape index (κ3) is 5.86. The molecule has 30 heavy (non-hydrogen) atoms. The molecule has 0 aliphatic heterocycles. The summed E-state index contributed by atoms with van der Waals surface area (Å²) >= 11 is 0. The number of hydrogen-bond acceptors (Lipinski definition) is 9. The Kier molecular flexibility index (Phi) is 7.27. The zero-order valence-corrected chi connectivity index (χ0v) is 17.5. The Morgan fingerprint density at radius 2 is 1.90 bits per heavy atom. The standard InChI is InChI=1S/C18H23N5O6S/c1-12(2)22(13-7-5-4-6-8-13)17-15(23(26)27)16(19-11-20-17)21-14(18(24)25)9-10-30(3,28)29/h4-8,11-12,14H,9-10H2,1-3H3,(H,24,25)(H,19,20,21). The summed E-state index contributed by atoms with van der Waals surface area (Å²) in [5, 5.41) is 23.8. The highest BCUT2D eigenvalue weighted by atomic mass is 32.2. The summed E-state index contributed by atoms with van der Waals surface area (Å²) in [4.78, 5) is 32.3. The monoisotopic (exact) mass is 437 g/mol. The van der Waals surface area contributed by atoms with Crippen LogP contribution in [0.3, 0.4) is 0 Å². The number of hydrogen-bond donors (Lipinski definition) is 2. The number of carbonyl (C=O) groups is 1. The van der Waals surface area contributed by atoms with Crippen molar-refractivity contribution < 1.29 is 23.2 Å². The molecule has 0 bridgehead atoms. The number of sulfone groups is 1. The minimum absolute atomic E-state index is 0.00838. The summed E-state index contributed by atoms with van der Waals surface area (Å²) in [7, 11) is -3.42. The molecule has 0 aliphatic rings. The van der Waals surface area contributed by atoms with E-state index in [1.54, 1.807) is 29.2 Å². The number of para-hydroxylation sites is 1. The van der Waals surface area contributed by atoms with Gasteiger partial charge in [0.25, 0.3) is 0 Å². The van der Waals surface area contributed by atoms with Gasteiger partial charge in [0.15, 0.2) is 0 Å². The molecule has 2 aromatic rings. The summed E-state index contributed by atoms with van der Waals surface area (Å²) in [6.07, 6.45) is 1.80. The normalized spacial score (nSPS) is 12.4. The molecule has 162 valence electrons. The number of benzene rings is 1. The third-order valence-electron chi connectivity index (χ3n) is 4.15.